The van der Waals surface area contributed by atoms with Crippen LogP contribution in [0.25, 0.3) is 10.9 Å². The summed E-state index contributed by atoms with van der Waals surface area (Å²) in [5.41, 5.74) is 1.87. The van der Waals surface area contributed by atoms with Crippen molar-refractivity contribution in [1.29, 1.82) is 0 Å². The Bertz CT molecular complexity index is 586. The number of aryl methyl sites for hydroxylation is 1. The molecule has 0 atom stereocenters. The summed E-state index contributed by atoms with van der Waals surface area (Å²) in [7, 11) is 0. The molecule has 0 saturated carbocycles. The smallest absolute Gasteiger partial charge is 0.270 e. The molecular formula is C12H12N2O3. The van der Waals surface area contributed by atoms with E-state index in [0.717, 1.165) is 16.5 Å². The molecule has 1 heterocycles. The number of Topliss-reactive ketones (excluding diaryl/α,β-unsaturated/α-hetero) is 1. The van der Waals surface area contributed by atoms with Gasteiger partial charge in [0.2, 0.25) is 0 Å². The van der Waals surface area contributed by atoms with Crippen molar-refractivity contribution in [3.8, 4) is 0 Å². The topological polar surface area (TPSA) is 76.0 Å². The zero-order valence-corrected chi connectivity index (χ0v) is 9.40. The number of carbonyl (C=O) groups excluding carboxylic acids is 1. The summed E-state index contributed by atoms with van der Waals surface area (Å²) in [4.78, 5) is 24.2. The van der Waals surface area contributed by atoms with Crippen LogP contribution >= 0.6 is 0 Å². The van der Waals surface area contributed by atoms with Crippen LogP contribution in [-0.4, -0.2) is 15.7 Å². The summed E-state index contributed by atoms with van der Waals surface area (Å²) in [6.07, 6.45) is 2.86. The van der Waals surface area contributed by atoms with Crippen molar-refractivity contribution in [2.24, 2.45) is 0 Å². The Hall–Kier alpha value is -2.17. The van der Waals surface area contributed by atoms with E-state index in [-0.39, 0.29) is 11.5 Å². The van der Waals surface area contributed by atoms with E-state index in [4.69, 9.17) is 0 Å². The first-order valence-corrected chi connectivity index (χ1v) is 5.32. The first-order valence-electron chi connectivity index (χ1n) is 5.32. The molecule has 0 unspecified atom stereocenters. The minimum atomic E-state index is -0.415. The predicted molar refractivity (Wildman–Crippen MR) is 64.0 cm³/mol. The highest BCUT2D eigenvalue weighted by Gasteiger charge is 2.10. The number of nitrogens with one attached hydrogen (secondary N) is 1. The van der Waals surface area contributed by atoms with Gasteiger partial charge in [0.15, 0.2) is 0 Å². The van der Waals surface area contributed by atoms with E-state index in [1.54, 1.807) is 18.3 Å². The van der Waals surface area contributed by atoms with Crippen LogP contribution < -0.4 is 0 Å². The van der Waals surface area contributed by atoms with Gasteiger partial charge >= 0.3 is 0 Å². The van der Waals surface area contributed by atoms with E-state index in [2.05, 4.69) is 4.98 Å². The van der Waals surface area contributed by atoms with E-state index in [1.807, 2.05) is 0 Å². The highest BCUT2D eigenvalue weighted by atomic mass is 16.6. The molecule has 2 aromatic rings. The van der Waals surface area contributed by atoms with Crippen LogP contribution in [0.15, 0.2) is 24.4 Å². The molecule has 2 rings (SSSR count). The molecule has 5 heteroatoms. The van der Waals surface area contributed by atoms with Crippen LogP contribution in [0.1, 0.15) is 18.9 Å². The van der Waals surface area contributed by atoms with Gasteiger partial charge in [-0.3, -0.25) is 10.1 Å². The lowest BCUT2D eigenvalue weighted by Gasteiger charge is -1.97. The summed E-state index contributed by atoms with van der Waals surface area (Å²) in [5.74, 6) is 0.116. The number of hydrogen-bond acceptors (Lipinski definition) is 3. The quantitative estimate of drug-likeness (QED) is 0.650. The zero-order valence-electron chi connectivity index (χ0n) is 9.40. The second-order valence-electron chi connectivity index (χ2n) is 4.00. The van der Waals surface area contributed by atoms with Gasteiger partial charge in [-0.05, 0) is 25.0 Å². The number of non-ortho nitro benzene ring substituents is 1. The SMILES string of the molecule is CC(=O)CCc1c[nH]c2ccc([N+](=O)[O-])cc12. The molecule has 0 aliphatic carbocycles. The van der Waals surface area contributed by atoms with Crippen LogP contribution in [0.2, 0.25) is 0 Å². The number of hydrogen-bond donors (Lipinski definition) is 1. The Balaban J connectivity index is 2.39. The Morgan fingerprint density at radius 1 is 1.47 bits per heavy atom. The Morgan fingerprint density at radius 3 is 2.88 bits per heavy atom. The van der Waals surface area contributed by atoms with E-state index < -0.39 is 4.92 Å². The number of aromatic amines is 1. The number of H-pyrrole nitrogens is 1. The van der Waals surface area contributed by atoms with Crippen LogP contribution in [-0.2, 0) is 11.2 Å². The van der Waals surface area contributed by atoms with E-state index in [0.29, 0.717) is 12.8 Å². The van der Waals surface area contributed by atoms with Crippen LogP contribution in [0, 0.1) is 10.1 Å². The second-order valence-corrected chi connectivity index (χ2v) is 4.00. The van der Waals surface area contributed by atoms with Crippen molar-refractivity contribution < 1.29 is 9.72 Å². The molecular weight excluding hydrogens is 220 g/mol. The summed E-state index contributed by atoms with van der Waals surface area (Å²) < 4.78 is 0. The van der Waals surface area contributed by atoms with Crippen molar-refractivity contribution in [3.05, 3.63) is 40.1 Å². The molecule has 0 radical (unpaired) electrons. The van der Waals surface area contributed by atoms with Gasteiger partial charge in [0.25, 0.3) is 5.69 Å². The summed E-state index contributed by atoms with van der Waals surface area (Å²) in [5, 5.41) is 11.5. The fourth-order valence-corrected chi connectivity index (χ4v) is 1.80. The van der Waals surface area contributed by atoms with Crippen molar-refractivity contribution in [2.75, 3.05) is 0 Å². The number of carbonyl (C=O) groups is 1. The van der Waals surface area contributed by atoms with E-state index in [9.17, 15) is 14.9 Å². The summed E-state index contributed by atoms with van der Waals surface area (Å²) in [6, 6.07) is 4.69. The molecule has 0 aliphatic heterocycles. The normalized spacial score (nSPS) is 10.6. The minimum Gasteiger partial charge on any atom is -0.361 e. The zero-order chi connectivity index (χ0) is 12.4. The van der Waals surface area contributed by atoms with Gasteiger partial charge in [0.05, 0.1) is 4.92 Å². The number of fused-ring (bicyclic) bond motifs is 1. The maximum absolute atomic E-state index is 10.9. The van der Waals surface area contributed by atoms with Gasteiger partial charge in [-0.25, -0.2) is 0 Å². The number of benzene rings is 1. The standard InChI is InChI=1S/C12H12N2O3/c1-8(15)2-3-9-7-13-12-5-4-10(14(16)17)6-11(9)12/h4-7,13H,2-3H2,1H3. The van der Waals surface area contributed by atoms with Crippen LogP contribution in [0.5, 0.6) is 0 Å². The van der Waals surface area contributed by atoms with Crippen LogP contribution in [0.4, 0.5) is 5.69 Å². The maximum atomic E-state index is 10.9. The van der Waals surface area contributed by atoms with Crippen molar-refractivity contribution in [2.45, 2.75) is 19.8 Å². The van der Waals surface area contributed by atoms with Gasteiger partial charge in [-0.1, -0.05) is 0 Å². The molecule has 1 N–H and O–H groups in total. The third-order valence-corrected chi connectivity index (χ3v) is 2.71. The van der Waals surface area contributed by atoms with Gasteiger partial charge in [-0.2, -0.15) is 0 Å². The Kier molecular flexibility index (Phi) is 2.91. The summed E-state index contributed by atoms with van der Waals surface area (Å²) in [6.45, 7) is 1.54. The largest absolute Gasteiger partial charge is 0.361 e. The average Bonchev–Trinajstić information content (AvgIpc) is 2.68. The predicted octanol–water partition coefficient (Wildman–Crippen LogP) is 2.60. The van der Waals surface area contributed by atoms with Crippen LogP contribution in [0.3, 0.4) is 0 Å². The number of aromatic nitrogens is 1. The lowest BCUT2D eigenvalue weighted by atomic mass is 10.1. The highest BCUT2D eigenvalue weighted by Crippen LogP contribution is 2.24. The number of rotatable bonds is 4. The fraction of sp³-hybridized carbons (Fsp3) is 0.250. The number of nitro groups is 1. The Labute approximate surface area is 97.6 Å². The number of nitro benzene ring substituents is 1. The average molecular weight is 232 g/mol. The van der Waals surface area contributed by atoms with Gasteiger partial charge in [0, 0.05) is 35.7 Å². The Morgan fingerprint density at radius 2 is 2.24 bits per heavy atom. The molecule has 0 aliphatic rings. The monoisotopic (exact) mass is 232 g/mol. The molecule has 0 bridgehead atoms. The molecule has 0 amide bonds. The molecule has 0 fully saturated rings. The molecule has 17 heavy (non-hydrogen) atoms. The lowest BCUT2D eigenvalue weighted by molar-refractivity contribution is -0.384. The first-order chi connectivity index (χ1) is 8.08. The van der Waals surface area contributed by atoms with Crippen molar-refractivity contribution in [1.82, 2.24) is 4.98 Å². The molecule has 0 saturated heterocycles. The highest BCUT2D eigenvalue weighted by molar-refractivity contribution is 5.86. The number of nitrogens with zero attached hydrogens (tertiary/aromatic N) is 1. The lowest BCUT2D eigenvalue weighted by Crippen LogP contribution is -1.93. The third kappa shape index (κ3) is 2.33. The molecule has 0 spiro atoms. The first kappa shape index (κ1) is 11.3. The van der Waals surface area contributed by atoms with Gasteiger partial charge in [0.1, 0.15) is 5.78 Å². The van der Waals surface area contributed by atoms with E-state index >= 15 is 0 Å². The van der Waals surface area contributed by atoms with Crippen molar-refractivity contribution >= 4 is 22.4 Å². The van der Waals surface area contributed by atoms with E-state index in [1.165, 1.54) is 13.0 Å². The molecule has 5 nitrogen and oxygen atoms in total. The maximum Gasteiger partial charge on any atom is 0.270 e. The number of ketones is 1. The second kappa shape index (κ2) is 4.37. The van der Waals surface area contributed by atoms with Crippen molar-refractivity contribution in [3.63, 3.8) is 0 Å². The van der Waals surface area contributed by atoms with Gasteiger partial charge in [-0.15, -0.1) is 0 Å². The van der Waals surface area contributed by atoms with Gasteiger partial charge < -0.3 is 9.78 Å². The fourth-order valence-electron chi connectivity index (χ4n) is 1.80. The third-order valence-electron chi connectivity index (χ3n) is 2.71. The molecule has 1 aromatic heterocycles. The molecule has 88 valence electrons. The summed E-state index contributed by atoms with van der Waals surface area (Å²) >= 11 is 0. The molecule has 1 aromatic carbocycles. The minimum absolute atomic E-state index is 0.0705.